The highest BCUT2D eigenvalue weighted by Gasteiger charge is 2.50. The molecule has 41 heavy (non-hydrogen) atoms. The van der Waals surface area contributed by atoms with Gasteiger partial charge in [-0.3, -0.25) is 14.5 Å². The van der Waals surface area contributed by atoms with E-state index in [9.17, 15) is 14.7 Å². The number of piperazine rings is 2. The number of nitrogens with one attached hydrogen (secondary N) is 2. The SMILES string of the molecule is CNc1nnc(-c2ccccc2O)cc1N1CCN(CCC(=O)N2CCNCC2)CC1.O=C(O)C1CC2(CCC2)C1. The first kappa shape index (κ1) is 29.1. The van der Waals surface area contributed by atoms with Gasteiger partial charge < -0.3 is 30.6 Å². The van der Waals surface area contributed by atoms with Gasteiger partial charge in [0.1, 0.15) is 5.75 Å². The molecule has 4 N–H and O–H groups in total. The van der Waals surface area contributed by atoms with Gasteiger partial charge in [-0.25, -0.2) is 0 Å². The molecule has 2 aromatic rings. The minimum absolute atomic E-state index is 0.000278. The fourth-order valence-electron chi connectivity index (χ4n) is 6.41. The summed E-state index contributed by atoms with van der Waals surface area (Å²) in [5.74, 6) is 0.588. The van der Waals surface area contributed by atoms with Crippen molar-refractivity contribution >= 4 is 23.4 Å². The summed E-state index contributed by atoms with van der Waals surface area (Å²) < 4.78 is 0. The highest BCUT2D eigenvalue weighted by atomic mass is 16.4. The maximum absolute atomic E-state index is 12.4. The Balaban J connectivity index is 0.000000282. The lowest BCUT2D eigenvalue weighted by Gasteiger charge is -2.52. The second-order valence-electron chi connectivity index (χ2n) is 11.7. The number of phenolic OH excluding ortho intramolecular Hbond substituents is 1. The molecule has 11 heteroatoms. The van der Waals surface area contributed by atoms with E-state index in [0.717, 1.165) is 83.2 Å². The van der Waals surface area contributed by atoms with Crippen molar-refractivity contribution in [2.24, 2.45) is 11.3 Å². The third-order valence-corrected chi connectivity index (χ3v) is 9.14. The van der Waals surface area contributed by atoms with Crippen LogP contribution in [0.3, 0.4) is 0 Å². The summed E-state index contributed by atoms with van der Waals surface area (Å²) in [5.41, 5.74) is 2.82. The number of aromatic nitrogens is 2. The lowest BCUT2D eigenvalue weighted by atomic mass is 9.52. The van der Waals surface area contributed by atoms with Crippen molar-refractivity contribution in [3.8, 4) is 17.0 Å². The van der Waals surface area contributed by atoms with Crippen LogP contribution in [-0.4, -0.2) is 108 Å². The van der Waals surface area contributed by atoms with Crippen LogP contribution in [0.25, 0.3) is 11.3 Å². The van der Waals surface area contributed by atoms with Crippen LogP contribution in [0.2, 0.25) is 0 Å². The van der Waals surface area contributed by atoms with Crippen LogP contribution in [0.4, 0.5) is 11.5 Å². The Morgan fingerprint density at radius 2 is 1.76 bits per heavy atom. The molecule has 1 aromatic heterocycles. The number of rotatable bonds is 7. The first-order valence-corrected chi connectivity index (χ1v) is 14.9. The second kappa shape index (κ2) is 13.0. The number of aliphatic carboxylic acids is 1. The predicted octanol–water partition coefficient (Wildman–Crippen LogP) is 2.49. The summed E-state index contributed by atoms with van der Waals surface area (Å²) in [4.78, 5) is 29.4. The second-order valence-corrected chi connectivity index (χ2v) is 11.7. The Hall–Kier alpha value is -3.44. The third kappa shape index (κ3) is 6.90. The highest BCUT2D eigenvalue weighted by Crippen LogP contribution is 2.58. The summed E-state index contributed by atoms with van der Waals surface area (Å²) in [6.45, 7) is 7.69. The zero-order valence-corrected chi connectivity index (χ0v) is 24.0. The molecule has 2 saturated heterocycles. The highest BCUT2D eigenvalue weighted by molar-refractivity contribution is 5.77. The Labute approximate surface area is 241 Å². The van der Waals surface area contributed by atoms with Crippen LogP contribution in [0.15, 0.2) is 30.3 Å². The van der Waals surface area contributed by atoms with Gasteiger partial charge in [0.15, 0.2) is 5.82 Å². The summed E-state index contributed by atoms with van der Waals surface area (Å²) >= 11 is 0. The van der Waals surface area contributed by atoms with E-state index in [1.807, 2.05) is 30.1 Å². The minimum Gasteiger partial charge on any atom is -0.507 e. The number of amides is 1. The number of nitrogens with zero attached hydrogens (tertiary/aromatic N) is 5. The Morgan fingerprint density at radius 1 is 1.05 bits per heavy atom. The molecule has 2 saturated carbocycles. The Morgan fingerprint density at radius 3 is 2.37 bits per heavy atom. The van der Waals surface area contributed by atoms with Crippen LogP contribution in [0, 0.1) is 11.3 Å². The van der Waals surface area contributed by atoms with Crippen molar-refractivity contribution in [2.45, 2.75) is 38.5 Å². The Bertz CT molecular complexity index is 1200. The van der Waals surface area contributed by atoms with Gasteiger partial charge >= 0.3 is 5.97 Å². The van der Waals surface area contributed by atoms with Crippen LogP contribution < -0.4 is 15.5 Å². The fraction of sp³-hybridized carbons (Fsp3) is 0.600. The van der Waals surface area contributed by atoms with E-state index >= 15 is 0 Å². The molecule has 0 radical (unpaired) electrons. The van der Waals surface area contributed by atoms with Crippen molar-refractivity contribution in [3.63, 3.8) is 0 Å². The van der Waals surface area contributed by atoms with Gasteiger partial charge in [-0.05, 0) is 49.3 Å². The van der Waals surface area contributed by atoms with Crippen molar-refractivity contribution in [1.29, 1.82) is 0 Å². The number of para-hydroxylation sites is 1. The number of carboxylic acid groups (broad SMARTS) is 1. The first-order chi connectivity index (χ1) is 19.9. The molecule has 0 bridgehead atoms. The van der Waals surface area contributed by atoms with Crippen molar-refractivity contribution in [3.05, 3.63) is 30.3 Å². The number of phenols is 1. The summed E-state index contributed by atoms with van der Waals surface area (Å²) in [6.07, 6.45) is 6.40. The Kier molecular flexibility index (Phi) is 9.24. The lowest BCUT2D eigenvalue weighted by Crippen LogP contribution is -2.49. The zero-order valence-electron chi connectivity index (χ0n) is 24.0. The van der Waals surface area contributed by atoms with E-state index < -0.39 is 5.97 Å². The molecule has 0 unspecified atom stereocenters. The summed E-state index contributed by atoms with van der Waals surface area (Å²) in [7, 11) is 1.84. The molecule has 1 amide bonds. The van der Waals surface area contributed by atoms with Crippen LogP contribution in [0.5, 0.6) is 5.75 Å². The fourth-order valence-corrected chi connectivity index (χ4v) is 6.41. The third-order valence-electron chi connectivity index (χ3n) is 9.14. The zero-order chi connectivity index (χ0) is 28.8. The molecule has 2 aliphatic carbocycles. The summed E-state index contributed by atoms with van der Waals surface area (Å²) in [5, 5.41) is 33.8. The molecule has 4 aliphatic rings. The van der Waals surface area contributed by atoms with Gasteiger partial charge in [0, 0.05) is 77.9 Å². The van der Waals surface area contributed by atoms with E-state index in [4.69, 9.17) is 5.11 Å². The van der Waals surface area contributed by atoms with Crippen molar-refractivity contribution in [1.82, 2.24) is 25.3 Å². The summed E-state index contributed by atoms with van der Waals surface area (Å²) in [6, 6.07) is 9.15. The monoisotopic (exact) mass is 565 g/mol. The van der Waals surface area contributed by atoms with Gasteiger partial charge in [-0.2, -0.15) is 0 Å². The standard InChI is InChI=1S/C22H31N7O2.C8H12O2/c1-23-22-19(16-18(25-26-22)17-4-2-3-5-20(17)30)28-14-12-27(13-15-28)9-6-21(31)29-10-7-24-8-11-29;9-7(10)6-4-8(5-6)2-1-3-8/h2-5,16,24,30H,6-15H2,1H3,(H,23,26);6H,1-5H2,(H,9,10). The molecule has 4 fully saturated rings. The smallest absolute Gasteiger partial charge is 0.306 e. The van der Waals surface area contributed by atoms with E-state index in [1.165, 1.54) is 19.3 Å². The number of aromatic hydroxyl groups is 1. The molecule has 1 aromatic carbocycles. The van der Waals surface area contributed by atoms with Crippen LogP contribution in [-0.2, 0) is 9.59 Å². The maximum atomic E-state index is 12.4. The largest absolute Gasteiger partial charge is 0.507 e. The number of carbonyl (C=O) groups is 2. The van der Waals surface area contributed by atoms with E-state index in [1.54, 1.807) is 12.1 Å². The molecule has 6 rings (SSSR count). The molecule has 222 valence electrons. The minimum atomic E-state index is -0.586. The van der Waals surface area contributed by atoms with Gasteiger partial charge in [0.2, 0.25) is 5.91 Å². The van der Waals surface area contributed by atoms with Gasteiger partial charge in [-0.15, -0.1) is 10.2 Å². The average Bonchev–Trinajstić information content (AvgIpc) is 2.95. The van der Waals surface area contributed by atoms with Gasteiger partial charge in [-0.1, -0.05) is 18.6 Å². The molecule has 0 atom stereocenters. The molecular formula is C30H43N7O4. The number of hydrogen-bond donors (Lipinski definition) is 4. The topological polar surface area (TPSA) is 134 Å². The van der Waals surface area contributed by atoms with Gasteiger partial charge in [0.25, 0.3) is 0 Å². The predicted molar refractivity (Wildman–Crippen MR) is 158 cm³/mol. The lowest BCUT2D eigenvalue weighted by molar-refractivity contribution is -0.154. The number of benzene rings is 1. The molecule has 1 spiro atoms. The first-order valence-electron chi connectivity index (χ1n) is 14.9. The van der Waals surface area contributed by atoms with Crippen molar-refractivity contribution in [2.75, 3.05) is 76.2 Å². The van der Waals surface area contributed by atoms with E-state index in [-0.39, 0.29) is 17.6 Å². The normalized spacial score (nSPS) is 20.4. The molecule has 2 aliphatic heterocycles. The molecular weight excluding hydrogens is 522 g/mol. The van der Waals surface area contributed by atoms with Crippen LogP contribution in [0.1, 0.15) is 38.5 Å². The molecule has 11 nitrogen and oxygen atoms in total. The number of hydrogen-bond acceptors (Lipinski definition) is 9. The van der Waals surface area contributed by atoms with E-state index in [0.29, 0.717) is 23.1 Å². The van der Waals surface area contributed by atoms with E-state index in [2.05, 4.69) is 30.6 Å². The number of carbonyl (C=O) groups excluding carboxylic acids is 1. The van der Waals surface area contributed by atoms with Gasteiger partial charge in [0.05, 0.1) is 17.3 Å². The number of anilines is 2. The van der Waals surface area contributed by atoms with Crippen molar-refractivity contribution < 1.29 is 19.8 Å². The quantitative estimate of drug-likeness (QED) is 0.397. The maximum Gasteiger partial charge on any atom is 0.306 e. The molecule has 3 heterocycles. The number of carboxylic acids is 1. The van der Waals surface area contributed by atoms with Crippen LogP contribution >= 0.6 is 0 Å². The average molecular weight is 566 g/mol.